The molecular weight excluding hydrogens is 1020 g/mol. The molecule has 0 amide bonds. The molecule has 0 unspecified atom stereocenters. The fraction of sp³-hybridized carbons (Fsp3) is 0.0506. The van der Waals surface area contributed by atoms with Crippen LogP contribution in [0.1, 0.15) is 30.5 Å². The summed E-state index contributed by atoms with van der Waals surface area (Å²) in [5, 5.41) is 2.29. The number of rotatable bonds is 11. The average Bonchev–Trinajstić information content (AvgIpc) is 2.48. The van der Waals surface area contributed by atoms with Crippen LogP contribution in [-0.2, 0) is 0 Å². The second-order valence-corrected chi connectivity index (χ2v) is 22.3. The van der Waals surface area contributed by atoms with Crippen molar-refractivity contribution in [2.75, 3.05) is 0 Å². The standard InChI is InChI=1S/C79H57N3S/c1-50-32-33-58(44-69(50)63-36-34-57(38-51(63)2)54-20-8-5-9-21-54)75-37-35-59(47-80-75)70-45-72-68-30-18-19-31-78(68)83-79(72)46-71(70)62-42-60(64-26-14-16-28-66(64)73-48-81-76(39-52(73)3)55-22-10-6-11-23-55)41-61(43-62)65-27-15-17-29-67(65)74-49-82-77(40-53(74)4)56-24-12-7-13-25-56/h5-49H,1-4H3/i3D3,4D3. The molecular formula is C79H57N3S. The highest BCUT2D eigenvalue weighted by molar-refractivity contribution is 7.25. The summed E-state index contributed by atoms with van der Waals surface area (Å²) in [6, 6.07) is 86.1. The van der Waals surface area contributed by atoms with E-state index in [0.29, 0.717) is 33.6 Å². The summed E-state index contributed by atoms with van der Waals surface area (Å²) < 4.78 is 55.9. The van der Waals surface area contributed by atoms with Crippen molar-refractivity contribution in [3.05, 3.63) is 296 Å². The summed E-state index contributed by atoms with van der Waals surface area (Å²) in [6.07, 6.45) is 5.36. The largest absolute Gasteiger partial charge is 0.256 e. The Bertz CT molecular complexity index is 4840. The van der Waals surface area contributed by atoms with Crippen LogP contribution in [0, 0.1) is 27.6 Å². The lowest BCUT2D eigenvalue weighted by molar-refractivity contribution is 1.29. The van der Waals surface area contributed by atoms with Gasteiger partial charge in [0.1, 0.15) is 0 Å². The summed E-state index contributed by atoms with van der Waals surface area (Å²) >= 11 is 1.75. The van der Waals surface area contributed by atoms with Gasteiger partial charge in [0.15, 0.2) is 0 Å². The molecule has 0 aliphatic heterocycles. The summed E-state index contributed by atoms with van der Waals surface area (Å²) in [5.74, 6) is 0. The van der Waals surface area contributed by atoms with Gasteiger partial charge in [-0.3, -0.25) is 15.0 Å². The highest BCUT2D eigenvalue weighted by Crippen LogP contribution is 2.47. The molecule has 4 heteroatoms. The van der Waals surface area contributed by atoms with E-state index < -0.39 is 13.7 Å². The second-order valence-electron chi connectivity index (χ2n) is 21.2. The molecule has 10 aromatic carbocycles. The first-order valence-corrected chi connectivity index (χ1v) is 28.7. The summed E-state index contributed by atoms with van der Waals surface area (Å²) in [6.45, 7) is -0.633. The van der Waals surface area contributed by atoms with E-state index in [9.17, 15) is 0 Å². The zero-order chi connectivity index (χ0) is 61.0. The van der Waals surface area contributed by atoms with Gasteiger partial charge in [0, 0.05) is 80.4 Å². The molecule has 0 aliphatic carbocycles. The van der Waals surface area contributed by atoms with Crippen LogP contribution in [0.3, 0.4) is 0 Å². The van der Waals surface area contributed by atoms with Crippen molar-refractivity contribution in [1.29, 1.82) is 0 Å². The maximum atomic E-state index is 8.94. The number of hydrogen-bond acceptors (Lipinski definition) is 4. The SMILES string of the molecule is [2H]C([2H])([2H])c1cc(-c2ccccc2)ncc1-c1ccccc1-c1cc(-c2cc3sc4ccccc4c3cc2-c2ccc(-c3ccc(C)c(-c4ccc(-c5ccccc5)cc4C)c3)nc2)cc(-c2ccccc2-c2cnc(-c3ccccc3)cc2C([2H])([2H])[2H])c1. The molecule has 0 atom stereocenters. The molecule has 0 bridgehead atoms. The van der Waals surface area contributed by atoms with Crippen molar-refractivity contribution < 1.29 is 8.22 Å². The van der Waals surface area contributed by atoms with E-state index in [4.69, 9.17) is 23.2 Å². The first-order valence-electron chi connectivity index (χ1n) is 30.9. The number of aryl methyl sites for hydroxylation is 4. The van der Waals surface area contributed by atoms with Crippen molar-refractivity contribution in [2.24, 2.45) is 0 Å². The van der Waals surface area contributed by atoms with Gasteiger partial charge in [0.2, 0.25) is 0 Å². The number of aromatic nitrogens is 3. The number of benzene rings is 10. The van der Waals surface area contributed by atoms with Gasteiger partial charge >= 0.3 is 0 Å². The minimum Gasteiger partial charge on any atom is -0.256 e. The Morgan fingerprint density at radius 2 is 0.759 bits per heavy atom. The molecule has 0 saturated heterocycles. The van der Waals surface area contributed by atoms with E-state index in [1.165, 1.54) is 32.5 Å². The smallest absolute Gasteiger partial charge is 0.0705 e. The third kappa shape index (κ3) is 9.84. The molecule has 3 nitrogen and oxygen atoms in total. The van der Waals surface area contributed by atoms with Crippen LogP contribution in [0.2, 0.25) is 0 Å². The molecule has 14 aromatic rings. The minimum atomic E-state index is -2.49. The Morgan fingerprint density at radius 1 is 0.253 bits per heavy atom. The number of nitrogens with zero attached hydrogens (tertiary/aromatic N) is 3. The lowest BCUT2D eigenvalue weighted by Gasteiger charge is -2.19. The Balaban J connectivity index is 0.963. The van der Waals surface area contributed by atoms with Gasteiger partial charge in [0.25, 0.3) is 0 Å². The van der Waals surface area contributed by atoms with Crippen molar-refractivity contribution in [1.82, 2.24) is 15.0 Å². The number of hydrogen-bond donors (Lipinski definition) is 0. The topological polar surface area (TPSA) is 38.7 Å². The van der Waals surface area contributed by atoms with Crippen LogP contribution < -0.4 is 0 Å². The summed E-state index contributed by atoms with van der Waals surface area (Å²) in [7, 11) is 0. The number of thiophene rings is 1. The van der Waals surface area contributed by atoms with Crippen LogP contribution >= 0.6 is 11.3 Å². The molecule has 83 heavy (non-hydrogen) atoms. The van der Waals surface area contributed by atoms with Crippen molar-refractivity contribution in [3.63, 3.8) is 0 Å². The average molecular weight is 1090 g/mol. The van der Waals surface area contributed by atoms with Crippen LogP contribution in [-0.4, -0.2) is 15.0 Å². The predicted octanol–water partition coefficient (Wildman–Crippen LogP) is 21.8. The highest BCUT2D eigenvalue weighted by Gasteiger charge is 2.21. The van der Waals surface area contributed by atoms with Gasteiger partial charge in [-0.05, 0) is 183 Å². The van der Waals surface area contributed by atoms with Crippen molar-refractivity contribution >= 4 is 31.5 Å². The third-order valence-electron chi connectivity index (χ3n) is 16.0. The van der Waals surface area contributed by atoms with E-state index in [0.717, 1.165) is 87.9 Å². The predicted molar refractivity (Wildman–Crippen MR) is 351 cm³/mol. The first-order chi connectivity index (χ1) is 43.2. The number of pyridine rings is 3. The fourth-order valence-electron chi connectivity index (χ4n) is 11.7. The van der Waals surface area contributed by atoms with Gasteiger partial charge in [-0.1, -0.05) is 194 Å². The molecule has 0 aliphatic rings. The van der Waals surface area contributed by atoms with Gasteiger partial charge in [-0.15, -0.1) is 11.3 Å². The van der Waals surface area contributed by atoms with Crippen molar-refractivity contribution in [3.8, 4) is 123 Å². The van der Waals surface area contributed by atoms with Gasteiger partial charge in [-0.25, -0.2) is 0 Å². The second kappa shape index (κ2) is 21.7. The zero-order valence-corrected chi connectivity index (χ0v) is 46.5. The Kier molecular flexibility index (Phi) is 11.7. The molecule has 394 valence electrons. The van der Waals surface area contributed by atoms with Gasteiger partial charge < -0.3 is 0 Å². The van der Waals surface area contributed by atoms with Crippen LogP contribution in [0.5, 0.6) is 0 Å². The van der Waals surface area contributed by atoms with Gasteiger partial charge in [0.05, 0.1) is 17.1 Å². The zero-order valence-electron chi connectivity index (χ0n) is 51.7. The molecule has 4 heterocycles. The molecule has 0 spiro atoms. The molecule has 0 fully saturated rings. The lowest BCUT2D eigenvalue weighted by atomic mass is 9.85. The third-order valence-corrected chi connectivity index (χ3v) is 17.1. The van der Waals surface area contributed by atoms with Gasteiger partial charge in [-0.2, -0.15) is 0 Å². The summed E-state index contributed by atoms with van der Waals surface area (Å²) in [4.78, 5) is 15.1. The van der Waals surface area contributed by atoms with Crippen LogP contribution in [0.25, 0.3) is 143 Å². The molecule has 0 saturated carbocycles. The minimum absolute atomic E-state index is 0.187. The maximum absolute atomic E-state index is 8.94. The quantitative estimate of drug-likeness (QED) is 0.130. The Morgan fingerprint density at radius 3 is 1.34 bits per heavy atom. The monoisotopic (exact) mass is 1090 g/mol. The molecule has 4 aromatic heterocycles. The Labute approximate surface area is 498 Å². The van der Waals surface area contributed by atoms with E-state index in [-0.39, 0.29) is 11.1 Å². The lowest BCUT2D eigenvalue weighted by Crippen LogP contribution is -1.95. The van der Waals surface area contributed by atoms with Crippen LogP contribution in [0.15, 0.2) is 273 Å². The fourth-order valence-corrected chi connectivity index (χ4v) is 12.9. The van der Waals surface area contributed by atoms with Crippen LogP contribution in [0.4, 0.5) is 0 Å². The van der Waals surface area contributed by atoms with E-state index >= 15 is 0 Å². The maximum Gasteiger partial charge on any atom is 0.0705 e. The van der Waals surface area contributed by atoms with E-state index in [1.807, 2.05) is 121 Å². The molecule has 0 radical (unpaired) electrons. The number of fused-ring (bicyclic) bond motifs is 3. The van der Waals surface area contributed by atoms with Crippen molar-refractivity contribution in [2.45, 2.75) is 27.6 Å². The van der Waals surface area contributed by atoms with E-state index in [2.05, 4.69) is 141 Å². The summed E-state index contributed by atoms with van der Waals surface area (Å²) in [5.41, 5.74) is 21.4. The molecule has 14 rings (SSSR count). The molecule has 0 N–H and O–H groups in total. The Hall–Kier alpha value is -10.1. The normalized spacial score (nSPS) is 12.7. The van der Waals surface area contributed by atoms with E-state index in [1.54, 1.807) is 35.9 Å². The first kappa shape index (κ1) is 44.6. The highest BCUT2D eigenvalue weighted by atomic mass is 32.1.